The van der Waals surface area contributed by atoms with Crippen LogP contribution in [0.3, 0.4) is 0 Å². The summed E-state index contributed by atoms with van der Waals surface area (Å²) in [6.45, 7) is 3.90. The van der Waals surface area contributed by atoms with E-state index >= 15 is 0 Å². The van der Waals surface area contributed by atoms with Crippen LogP contribution in [0.5, 0.6) is 0 Å². The molecule has 2 nitrogen and oxygen atoms in total. The molecule has 3 rings (SSSR count). The fourth-order valence-electron chi connectivity index (χ4n) is 2.49. The normalized spacial score (nSPS) is 15.9. The Bertz CT molecular complexity index is 743. The average Bonchev–Trinajstić information content (AvgIpc) is 2.30. The third-order valence-electron chi connectivity index (χ3n) is 3.40. The van der Waals surface area contributed by atoms with E-state index in [2.05, 4.69) is 0 Å². The summed E-state index contributed by atoms with van der Waals surface area (Å²) >= 11 is 0. The van der Waals surface area contributed by atoms with E-state index in [1.165, 1.54) is 0 Å². The van der Waals surface area contributed by atoms with Crippen LogP contribution in [0, 0.1) is 13.8 Å². The Morgan fingerprint density at radius 3 is 2.28 bits per heavy atom. The van der Waals surface area contributed by atoms with Gasteiger partial charge in [0.2, 0.25) is 9.84 Å². The van der Waals surface area contributed by atoms with Gasteiger partial charge in [-0.3, -0.25) is 0 Å². The second kappa shape index (κ2) is 3.69. The minimum Gasteiger partial charge on any atom is -0.218 e. The molecule has 2 aromatic rings. The lowest BCUT2D eigenvalue weighted by Crippen LogP contribution is -2.14. The highest BCUT2D eigenvalue weighted by Gasteiger charge is 2.29. The fourth-order valence-corrected chi connectivity index (χ4v) is 4.28. The van der Waals surface area contributed by atoms with E-state index in [0.29, 0.717) is 16.2 Å². The molecule has 0 spiro atoms. The number of benzene rings is 2. The predicted octanol–water partition coefficient (Wildman–Crippen LogP) is 3.04. The van der Waals surface area contributed by atoms with Crippen molar-refractivity contribution in [3.8, 4) is 0 Å². The van der Waals surface area contributed by atoms with Crippen molar-refractivity contribution in [2.75, 3.05) is 0 Å². The van der Waals surface area contributed by atoms with Crippen molar-refractivity contribution in [2.45, 2.75) is 30.1 Å². The van der Waals surface area contributed by atoms with Crippen LogP contribution in [0.15, 0.2) is 46.2 Å². The molecule has 0 saturated carbocycles. The summed E-state index contributed by atoms with van der Waals surface area (Å²) in [6, 6.07) is 11.2. The third kappa shape index (κ3) is 1.58. The quantitative estimate of drug-likeness (QED) is 0.621. The van der Waals surface area contributed by atoms with Crippen LogP contribution in [0.2, 0.25) is 0 Å². The molecule has 0 amide bonds. The fraction of sp³-hybridized carbons (Fsp3) is 0.200. The van der Waals surface area contributed by atoms with Crippen LogP contribution in [0.4, 0.5) is 0 Å². The zero-order valence-electron chi connectivity index (χ0n) is 10.4. The second-order valence-corrected chi connectivity index (χ2v) is 6.79. The summed E-state index contributed by atoms with van der Waals surface area (Å²) in [4.78, 5) is 0.935. The molecule has 0 radical (unpaired) electrons. The number of rotatable bonds is 0. The molecule has 1 aliphatic rings. The molecule has 0 unspecified atom stereocenters. The van der Waals surface area contributed by atoms with Crippen molar-refractivity contribution in [2.24, 2.45) is 0 Å². The molecular formula is C15H14O2S. The van der Waals surface area contributed by atoms with Gasteiger partial charge in [-0.05, 0) is 42.7 Å². The van der Waals surface area contributed by atoms with Gasteiger partial charge in [-0.2, -0.15) is 0 Å². The topological polar surface area (TPSA) is 34.1 Å². The van der Waals surface area contributed by atoms with Gasteiger partial charge < -0.3 is 0 Å². The molecule has 0 saturated heterocycles. The first-order valence-electron chi connectivity index (χ1n) is 5.92. The lowest BCUT2D eigenvalue weighted by molar-refractivity contribution is 0.591. The number of sulfone groups is 1. The highest BCUT2D eigenvalue weighted by molar-refractivity contribution is 7.91. The number of aryl methyl sites for hydroxylation is 2. The summed E-state index contributed by atoms with van der Waals surface area (Å²) in [6.07, 6.45) is 0.700. The SMILES string of the molecule is Cc1ccc2c(c1)Cc1ccc(C)cc1S2(=O)=O. The molecule has 1 heterocycles. The maximum atomic E-state index is 12.6. The van der Waals surface area contributed by atoms with E-state index in [0.717, 1.165) is 22.3 Å². The largest absolute Gasteiger partial charge is 0.218 e. The second-order valence-electron chi connectivity index (χ2n) is 4.90. The molecule has 0 aliphatic carbocycles. The number of hydrogen-bond acceptors (Lipinski definition) is 2. The van der Waals surface area contributed by atoms with Gasteiger partial charge in [-0.25, -0.2) is 8.42 Å². The first-order chi connectivity index (χ1) is 8.48. The van der Waals surface area contributed by atoms with Crippen LogP contribution in [0.1, 0.15) is 22.3 Å². The zero-order chi connectivity index (χ0) is 12.9. The lowest BCUT2D eigenvalue weighted by atomic mass is 10.0. The van der Waals surface area contributed by atoms with E-state index in [9.17, 15) is 8.42 Å². The van der Waals surface area contributed by atoms with Crippen molar-refractivity contribution >= 4 is 9.84 Å². The first-order valence-corrected chi connectivity index (χ1v) is 7.41. The number of hydrogen-bond donors (Lipinski definition) is 0. The first kappa shape index (κ1) is 11.5. The average molecular weight is 258 g/mol. The molecule has 0 N–H and O–H groups in total. The third-order valence-corrected chi connectivity index (χ3v) is 5.33. The Morgan fingerprint density at radius 1 is 0.833 bits per heavy atom. The Balaban J connectivity index is 2.33. The van der Waals surface area contributed by atoms with Crippen LogP contribution < -0.4 is 0 Å². The molecule has 0 fully saturated rings. The van der Waals surface area contributed by atoms with E-state index in [1.807, 2.05) is 38.1 Å². The highest BCUT2D eigenvalue weighted by atomic mass is 32.2. The minimum absolute atomic E-state index is 0.464. The monoisotopic (exact) mass is 258 g/mol. The van der Waals surface area contributed by atoms with Gasteiger partial charge in [0.05, 0.1) is 9.79 Å². The summed E-state index contributed by atoms with van der Waals surface area (Å²) in [7, 11) is -3.34. The molecular weight excluding hydrogens is 244 g/mol. The highest BCUT2D eigenvalue weighted by Crippen LogP contribution is 2.35. The minimum atomic E-state index is -3.34. The Hall–Kier alpha value is -1.61. The van der Waals surface area contributed by atoms with Crippen molar-refractivity contribution < 1.29 is 8.42 Å². The predicted molar refractivity (Wildman–Crippen MR) is 70.6 cm³/mol. The summed E-state index contributed by atoms with van der Waals surface area (Å²) in [5.41, 5.74) is 3.89. The van der Waals surface area contributed by atoms with Gasteiger partial charge in [-0.15, -0.1) is 0 Å². The van der Waals surface area contributed by atoms with Crippen LogP contribution in [-0.2, 0) is 16.3 Å². The maximum absolute atomic E-state index is 12.6. The van der Waals surface area contributed by atoms with E-state index < -0.39 is 9.84 Å². The van der Waals surface area contributed by atoms with Crippen LogP contribution in [0.25, 0.3) is 0 Å². The lowest BCUT2D eigenvalue weighted by Gasteiger charge is -2.20. The molecule has 18 heavy (non-hydrogen) atoms. The Morgan fingerprint density at radius 2 is 1.50 bits per heavy atom. The van der Waals surface area contributed by atoms with Gasteiger partial charge in [-0.1, -0.05) is 29.8 Å². The van der Waals surface area contributed by atoms with Crippen LogP contribution >= 0.6 is 0 Å². The summed E-state index contributed by atoms with van der Waals surface area (Å²) in [5.74, 6) is 0. The van der Waals surface area contributed by atoms with Crippen molar-refractivity contribution in [3.63, 3.8) is 0 Å². The van der Waals surface area contributed by atoms with Gasteiger partial charge in [0.1, 0.15) is 0 Å². The molecule has 0 aromatic heterocycles. The van der Waals surface area contributed by atoms with Gasteiger partial charge in [0.25, 0.3) is 0 Å². The van der Waals surface area contributed by atoms with Gasteiger partial charge in [0.15, 0.2) is 0 Å². The molecule has 3 heteroatoms. The Kier molecular flexibility index (Phi) is 2.35. The Labute approximate surface area is 107 Å². The molecule has 1 aliphatic heterocycles. The zero-order valence-corrected chi connectivity index (χ0v) is 11.2. The van der Waals surface area contributed by atoms with Crippen LogP contribution in [-0.4, -0.2) is 8.42 Å². The number of fused-ring (bicyclic) bond motifs is 2. The van der Waals surface area contributed by atoms with Gasteiger partial charge in [0, 0.05) is 6.42 Å². The summed E-state index contributed by atoms with van der Waals surface area (Å²) in [5, 5.41) is 0. The van der Waals surface area contributed by atoms with E-state index in [-0.39, 0.29) is 0 Å². The molecule has 92 valence electrons. The molecule has 0 atom stereocenters. The maximum Gasteiger partial charge on any atom is 0.207 e. The molecule has 2 aromatic carbocycles. The van der Waals surface area contributed by atoms with E-state index in [4.69, 9.17) is 0 Å². The van der Waals surface area contributed by atoms with Gasteiger partial charge >= 0.3 is 0 Å². The summed E-state index contributed by atoms with van der Waals surface area (Å²) < 4.78 is 25.1. The standard InChI is InChI=1S/C15H14O2S/c1-10-4-6-14-13(7-10)9-12-5-3-11(2)8-15(12)18(14,16)17/h3-8H,9H2,1-2H3. The van der Waals surface area contributed by atoms with Crippen molar-refractivity contribution in [1.29, 1.82) is 0 Å². The van der Waals surface area contributed by atoms with Crippen molar-refractivity contribution in [3.05, 3.63) is 58.7 Å². The molecule has 0 bridgehead atoms. The van der Waals surface area contributed by atoms with E-state index in [1.54, 1.807) is 12.1 Å². The smallest absolute Gasteiger partial charge is 0.207 e. The van der Waals surface area contributed by atoms with Crippen molar-refractivity contribution in [1.82, 2.24) is 0 Å².